The van der Waals surface area contributed by atoms with Crippen molar-refractivity contribution in [1.29, 1.82) is 0 Å². The van der Waals surface area contributed by atoms with Crippen LogP contribution >= 0.6 is 0 Å². The van der Waals surface area contributed by atoms with Gasteiger partial charge in [0, 0.05) is 6.04 Å². The monoisotopic (exact) mass is 167 g/mol. The minimum atomic E-state index is 0.856. The van der Waals surface area contributed by atoms with Crippen molar-refractivity contribution in [1.82, 2.24) is 5.32 Å². The maximum Gasteiger partial charge on any atom is 0.00991 e. The Labute approximate surface area is 76.2 Å². The largest absolute Gasteiger partial charge is 0.314 e. The molecule has 0 aromatic heterocycles. The van der Waals surface area contributed by atoms with Gasteiger partial charge in [0.25, 0.3) is 0 Å². The van der Waals surface area contributed by atoms with Gasteiger partial charge in [0.2, 0.25) is 0 Å². The molecule has 0 saturated heterocycles. The molecule has 0 heterocycles. The van der Waals surface area contributed by atoms with Crippen LogP contribution in [-0.2, 0) is 0 Å². The van der Waals surface area contributed by atoms with Gasteiger partial charge in [-0.25, -0.2) is 0 Å². The van der Waals surface area contributed by atoms with Crippen LogP contribution in [0.1, 0.15) is 39.0 Å². The van der Waals surface area contributed by atoms with Crippen LogP contribution in [-0.4, -0.2) is 12.6 Å². The Kier molecular flexibility index (Phi) is 4.37. The highest BCUT2D eigenvalue weighted by Gasteiger charge is 2.34. The van der Waals surface area contributed by atoms with Crippen LogP contribution in [0.25, 0.3) is 0 Å². The van der Waals surface area contributed by atoms with Crippen molar-refractivity contribution in [2.75, 3.05) is 6.54 Å². The first kappa shape index (κ1) is 9.79. The van der Waals surface area contributed by atoms with Crippen LogP contribution in [0.15, 0.2) is 12.7 Å². The molecule has 0 radical (unpaired) electrons. The predicted octanol–water partition coefficient (Wildman–Crippen LogP) is 2.73. The lowest BCUT2D eigenvalue weighted by Crippen LogP contribution is -2.19. The van der Waals surface area contributed by atoms with E-state index in [0.717, 1.165) is 18.4 Å². The van der Waals surface area contributed by atoms with Crippen LogP contribution < -0.4 is 5.32 Å². The summed E-state index contributed by atoms with van der Waals surface area (Å²) >= 11 is 0. The van der Waals surface area contributed by atoms with Crippen LogP contribution in [0, 0.1) is 5.92 Å². The molecule has 1 saturated carbocycles. The highest BCUT2D eigenvalue weighted by molar-refractivity contribution is 4.92. The van der Waals surface area contributed by atoms with Crippen molar-refractivity contribution in [2.45, 2.75) is 45.1 Å². The number of hydrogen-bond acceptors (Lipinski definition) is 1. The highest BCUT2D eigenvalue weighted by atomic mass is 15.0. The molecule has 2 atom stereocenters. The minimum Gasteiger partial charge on any atom is -0.314 e. The van der Waals surface area contributed by atoms with E-state index in [1.165, 1.54) is 32.2 Å². The number of rotatable bonds is 7. The van der Waals surface area contributed by atoms with E-state index >= 15 is 0 Å². The van der Waals surface area contributed by atoms with Crippen LogP contribution in [0.3, 0.4) is 0 Å². The smallest absolute Gasteiger partial charge is 0.00991 e. The number of hydrogen-bond donors (Lipinski definition) is 1. The van der Waals surface area contributed by atoms with Crippen molar-refractivity contribution in [3.8, 4) is 0 Å². The fourth-order valence-corrected chi connectivity index (χ4v) is 1.72. The van der Waals surface area contributed by atoms with Crippen LogP contribution in [0.4, 0.5) is 0 Å². The molecule has 70 valence electrons. The zero-order valence-corrected chi connectivity index (χ0v) is 8.18. The molecule has 1 nitrogen and oxygen atoms in total. The lowest BCUT2D eigenvalue weighted by Gasteiger charge is -2.01. The van der Waals surface area contributed by atoms with Gasteiger partial charge in [-0.05, 0) is 38.1 Å². The van der Waals surface area contributed by atoms with Gasteiger partial charge in [0.15, 0.2) is 0 Å². The molecule has 0 bridgehead atoms. The second-order valence-electron chi connectivity index (χ2n) is 3.78. The van der Waals surface area contributed by atoms with Gasteiger partial charge >= 0.3 is 0 Å². The summed E-state index contributed by atoms with van der Waals surface area (Å²) in [7, 11) is 0. The molecule has 1 heteroatoms. The van der Waals surface area contributed by atoms with Crippen molar-refractivity contribution in [3.63, 3.8) is 0 Å². The first-order valence-corrected chi connectivity index (χ1v) is 5.22. The second kappa shape index (κ2) is 5.36. The summed E-state index contributed by atoms with van der Waals surface area (Å²) in [5.41, 5.74) is 0. The van der Waals surface area contributed by atoms with Gasteiger partial charge in [-0.3, -0.25) is 0 Å². The normalized spacial score (nSPS) is 27.1. The molecule has 0 spiro atoms. The van der Waals surface area contributed by atoms with E-state index < -0.39 is 0 Å². The molecule has 12 heavy (non-hydrogen) atoms. The fraction of sp³-hybridized carbons (Fsp3) is 0.818. The molecule has 1 fully saturated rings. The van der Waals surface area contributed by atoms with Crippen molar-refractivity contribution in [2.24, 2.45) is 5.92 Å². The van der Waals surface area contributed by atoms with E-state index in [9.17, 15) is 0 Å². The number of nitrogens with one attached hydrogen (secondary N) is 1. The summed E-state index contributed by atoms with van der Waals surface area (Å²) in [6, 6.07) is 0.856. The molecule has 0 aromatic carbocycles. The van der Waals surface area contributed by atoms with Crippen molar-refractivity contribution < 1.29 is 0 Å². The number of unbranched alkanes of at least 4 members (excludes halogenated alkanes) is 1. The third kappa shape index (κ3) is 3.40. The van der Waals surface area contributed by atoms with Gasteiger partial charge in [-0.1, -0.05) is 19.4 Å². The summed E-state index contributed by atoms with van der Waals surface area (Å²) in [5.74, 6) is 0.999. The Morgan fingerprint density at radius 3 is 3.08 bits per heavy atom. The highest BCUT2D eigenvalue weighted by Crippen LogP contribution is 2.34. The lowest BCUT2D eigenvalue weighted by atomic mass is 10.2. The Bertz CT molecular complexity index is 131. The summed E-state index contributed by atoms with van der Waals surface area (Å²) < 4.78 is 0. The summed E-state index contributed by atoms with van der Waals surface area (Å²) in [5, 5.41) is 3.58. The minimum absolute atomic E-state index is 0.856. The third-order valence-electron chi connectivity index (χ3n) is 2.57. The quantitative estimate of drug-likeness (QED) is 0.454. The van der Waals surface area contributed by atoms with Gasteiger partial charge in [0.05, 0.1) is 0 Å². The molecule has 1 aliphatic rings. The molecular weight excluding hydrogens is 146 g/mol. The summed E-state index contributed by atoms with van der Waals surface area (Å²) in [4.78, 5) is 0. The molecule has 0 aromatic rings. The van der Waals surface area contributed by atoms with Gasteiger partial charge in [0.1, 0.15) is 0 Å². The van der Waals surface area contributed by atoms with Crippen LogP contribution in [0.5, 0.6) is 0 Å². The topological polar surface area (TPSA) is 12.0 Å². The Balaban J connectivity index is 1.86. The van der Waals surface area contributed by atoms with E-state index in [2.05, 4.69) is 18.8 Å². The van der Waals surface area contributed by atoms with E-state index in [1.807, 2.05) is 6.08 Å². The zero-order valence-electron chi connectivity index (χ0n) is 8.18. The van der Waals surface area contributed by atoms with Gasteiger partial charge < -0.3 is 5.32 Å². The third-order valence-corrected chi connectivity index (χ3v) is 2.57. The molecule has 1 rings (SSSR count). The summed E-state index contributed by atoms with van der Waals surface area (Å²) in [6.45, 7) is 7.16. The lowest BCUT2D eigenvalue weighted by molar-refractivity contribution is 0.587. The van der Waals surface area contributed by atoms with Crippen molar-refractivity contribution >= 4 is 0 Å². The van der Waals surface area contributed by atoms with Gasteiger partial charge in [-0.15, -0.1) is 6.58 Å². The van der Waals surface area contributed by atoms with E-state index in [4.69, 9.17) is 0 Å². The Morgan fingerprint density at radius 2 is 2.42 bits per heavy atom. The summed E-state index contributed by atoms with van der Waals surface area (Å²) in [6.07, 6.45) is 8.58. The maximum absolute atomic E-state index is 3.71. The molecule has 0 aliphatic heterocycles. The molecular formula is C11H21N. The SMILES string of the molecule is C=CCCCNC1CC1CCC. The molecule has 0 amide bonds. The average molecular weight is 167 g/mol. The first-order chi connectivity index (χ1) is 5.88. The van der Waals surface area contributed by atoms with Crippen molar-refractivity contribution in [3.05, 3.63) is 12.7 Å². The standard InChI is InChI=1S/C11H21N/c1-3-5-6-8-12-11-9-10(11)7-4-2/h3,10-12H,1,4-9H2,2H3. The first-order valence-electron chi connectivity index (χ1n) is 5.22. The second-order valence-corrected chi connectivity index (χ2v) is 3.78. The Hall–Kier alpha value is -0.300. The van der Waals surface area contributed by atoms with Gasteiger partial charge in [-0.2, -0.15) is 0 Å². The Morgan fingerprint density at radius 1 is 1.58 bits per heavy atom. The van der Waals surface area contributed by atoms with Crippen LogP contribution in [0.2, 0.25) is 0 Å². The molecule has 1 N–H and O–H groups in total. The zero-order chi connectivity index (χ0) is 8.81. The van der Waals surface area contributed by atoms with E-state index in [0.29, 0.717) is 0 Å². The fourth-order valence-electron chi connectivity index (χ4n) is 1.72. The maximum atomic E-state index is 3.71. The van der Waals surface area contributed by atoms with E-state index in [1.54, 1.807) is 0 Å². The number of allylic oxidation sites excluding steroid dienone is 1. The average Bonchev–Trinajstić information content (AvgIpc) is 2.79. The van der Waals surface area contributed by atoms with E-state index in [-0.39, 0.29) is 0 Å². The molecule has 1 aliphatic carbocycles. The predicted molar refractivity (Wildman–Crippen MR) is 54.2 cm³/mol. The molecule has 2 unspecified atom stereocenters.